The molecule has 36 heavy (non-hydrogen) atoms. The lowest BCUT2D eigenvalue weighted by molar-refractivity contribution is -0.153. The lowest BCUT2D eigenvalue weighted by Gasteiger charge is -2.13. The lowest BCUT2D eigenvalue weighted by Crippen LogP contribution is -2.21. The Morgan fingerprint density at radius 1 is 0.611 bits per heavy atom. The molecule has 0 aliphatic heterocycles. The summed E-state index contributed by atoms with van der Waals surface area (Å²) in [5, 5.41) is 9.03. The minimum atomic E-state index is -0.922. The zero-order valence-electron chi connectivity index (χ0n) is 24.1. The van der Waals surface area contributed by atoms with Gasteiger partial charge in [-0.25, -0.2) is 0 Å². The van der Waals surface area contributed by atoms with E-state index in [-0.39, 0.29) is 12.4 Å². The first-order chi connectivity index (χ1) is 17.6. The zero-order valence-corrected chi connectivity index (χ0v) is 24.1. The second-order valence-corrected chi connectivity index (χ2v) is 10.7. The first-order valence-corrected chi connectivity index (χ1v) is 15.6. The number of carbonyl (C=O) groups excluding carboxylic acids is 1. The Balaban J connectivity index is 3.42. The van der Waals surface area contributed by atoms with Gasteiger partial charge in [0.2, 0.25) is 0 Å². The molecule has 1 atom stereocenters. The van der Waals surface area contributed by atoms with Crippen LogP contribution in [0.3, 0.4) is 0 Å². The number of rotatable bonds is 28. The van der Waals surface area contributed by atoms with Gasteiger partial charge in [-0.15, -0.1) is 0 Å². The van der Waals surface area contributed by atoms with E-state index >= 15 is 0 Å². The molecule has 0 heterocycles. The highest BCUT2D eigenvalue weighted by molar-refractivity contribution is 5.79. The van der Waals surface area contributed by atoms with Gasteiger partial charge in [0, 0.05) is 0 Å². The Bertz CT molecular complexity index is 514. The fourth-order valence-electron chi connectivity index (χ4n) is 4.71. The summed E-state index contributed by atoms with van der Waals surface area (Å²) in [4.78, 5) is 23.0. The molecule has 4 nitrogen and oxygen atoms in total. The van der Waals surface area contributed by atoms with Gasteiger partial charge in [-0.05, 0) is 38.5 Å². The predicted molar refractivity (Wildman–Crippen MR) is 153 cm³/mol. The minimum absolute atomic E-state index is 0.118. The van der Waals surface area contributed by atoms with Crippen LogP contribution in [0, 0.1) is 5.92 Å². The van der Waals surface area contributed by atoms with Crippen LogP contribution >= 0.6 is 0 Å². The average Bonchev–Trinajstić information content (AvgIpc) is 2.86. The van der Waals surface area contributed by atoms with Crippen LogP contribution in [0.2, 0.25) is 0 Å². The molecule has 0 aliphatic rings. The summed E-state index contributed by atoms with van der Waals surface area (Å²) in [5.41, 5.74) is 0. The fraction of sp³-hybridized carbons (Fsp3) is 0.875. The number of allylic oxidation sites excluding steroid dienone is 2. The maximum Gasteiger partial charge on any atom is 0.309 e. The normalized spacial score (nSPS) is 12.3. The number of ether oxygens (including phenoxy) is 1. The van der Waals surface area contributed by atoms with E-state index in [9.17, 15) is 9.59 Å². The summed E-state index contributed by atoms with van der Waals surface area (Å²) in [6.45, 7) is 4.60. The van der Waals surface area contributed by atoms with Crippen molar-refractivity contribution in [2.75, 3.05) is 6.61 Å². The van der Waals surface area contributed by atoms with Crippen molar-refractivity contribution < 1.29 is 19.4 Å². The third kappa shape index (κ3) is 25.8. The minimum Gasteiger partial charge on any atom is -0.481 e. The molecule has 0 saturated carbocycles. The molecule has 0 rings (SSSR count). The van der Waals surface area contributed by atoms with Crippen LogP contribution in [0.4, 0.5) is 0 Å². The average molecular weight is 509 g/mol. The molecule has 0 aromatic rings. The highest BCUT2D eigenvalue weighted by Gasteiger charge is 2.22. The van der Waals surface area contributed by atoms with Crippen molar-refractivity contribution in [2.24, 2.45) is 5.92 Å². The molecule has 0 fully saturated rings. The number of unbranched alkanes of at least 4 members (excludes halogenated alkanes) is 19. The van der Waals surface area contributed by atoms with Crippen LogP contribution in [0.1, 0.15) is 168 Å². The van der Waals surface area contributed by atoms with Crippen LogP contribution in [0.25, 0.3) is 0 Å². The Kier molecular flexibility index (Phi) is 27.2. The molecule has 1 N–H and O–H groups in total. The number of esters is 1. The van der Waals surface area contributed by atoms with Crippen LogP contribution < -0.4 is 0 Å². The molecule has 0 bridgehead atoms. The van der Waals surface area contributed by atoms with E-state index in [1.165, 1.54) is 109 Å². The Morgan fingerprint density at radius 3 is 1.44 bits per heavy atom. The second-order valence-electron chi connectivity index (χ2n) is 10.7. The van der Waals surface area contributed by atoms with Gasteiger partial charge in [0.15, 0.2) is 0 Å². The van der Waals surface area contributed by atoms with Crippen molar-refractivity contribution in [1.82, 2.24) is 0 Å². The summed E-state index contributed by atoms with van der Waals surface area (Å²) in [6.07, 6.45) is 33.6. The van der Waals surface area contributed by atoms with Gasteiger partial charge in [0.05, 0.1) is 18.9 Å². The Hall–Kier alpha value is -1.32. The second kappa shape index (κ2) is 28.3. The molecule has 1 unspecified atom stereocenters. The van der Waals surface area contributed by atoms with Gasteiger partial charge in [0.25, 0.3) is 0 Å². The van der Waals surface area contributed by atoms with E-state index in [1.807, 2.05) is 6.92 Å². The standard InChI is InChI=1S/C32H60O4/c1-3-5-6-7-8-9-10-11-12-13-14-15-16-17-18-19-20-21-22-23-24-25-26-27-30(29-31(33)34)32(35)36-28-4-2/h19-20,30H,3-18,21-29H2,1-2H3,(H,33,34)/b20-19+. The molecule has 0 aliphatic carbocycles. The van der Waals surface area contributed by atoms with Crippen molar-refractivity contribution in [1.29, 1.82) is 0 Å². The fourth-order valence-corrected chi connectivity index (χ4v) is 4.71. The third-order valence-electron chi connectivity index (χ3n) is 7.02. The first-order valence-electron chi connectivity index (χ1n) is 15.6. The maximum atomic E-state index is 12.0. The quantitative estimate of drug-likeness (QED) is 0.0648. The number of carboxylic acids is 1. The summed E-state index contributed by atoms with van der Waals surface area (Å²) in [6, 6.07) is 0. The molecule has 0 spiro atoms. The van der Waals surface area contributed by atoms with Crippen molar-refractivity contribution >= 4 is 11.9 Å². The molecule has 4 heteroatoms. The number of carboxylic acid groups (broad SMARTS) is 1. The van der Waals surface area contributed by atoms with Gasteiger partial charge in [-0.2, -0.15) is 0 Å². The van der Waals surface area contributed by atoms with Crippen LogP contribution in [0.15, 0.2) is 12.2 Å². The number of aliphatic carboxylic acids is 1. The molecule has 212 valence electrons. The zero-order chi connectivity index (χ0) is 26.5. The van der Waals surface area contributed by atoms with Crippen molar-refractivity contribution in [2.45, 2.75) is 168 Å². The van der Waals surface area contributed by atoms with E-state index in [1.54, 1.807) is 0 Å². The van der Waals surface area contributed by atoms with E-state index in [2.05, 4.69) is 19.1 Å². The maximum absolute atomic E-state index is 12.0. The van der Waals surface area contributed by atoms with Crippen molar-refractivity contribution in [3.8, 4) is 0 Å². The smallest absolute Gasteiger partial charge is 0.309 e. The summed E-state index contributed by atoms with van der Waals surface area (Å²) >= 11 is 0. The van der Waals surface area contributed by atoms with E-state index in [0.717, 1.165) is 32.1 Å². The van der Waals surface area contributed by atoms with E-state index in [4.69, 9.17) is 9.84 Å². The topological polar surface area (TPSA) is 63.6 Å². The van der Waals surface area contributed by atoms with Gasteiger partial charge >= 0.3 is 11.9 Å². The monoisotopic (exact) mass is 508 g/mol. The van der Waals surface area contributed by atoms with Crippen molar-refractivity contribution in [3.05, 3.63) is 12.2 Å². The molecule has 0 amide bonds. The number of carbonyl (C=O) groups is 2. The summed E-state index contributed by atoms with van der Waals surface area (Å²) in [7, 11) is 0. The number of hydrogen-bond donors (Lipinski definition) is 1. The number of hydrogen-bond acceptors (Lipinski definition) is 3. The Morgan fingerprint density at radius 2 is 1.03 bits per heavy atom. The van der Waals surface area contributed by atoms with Crippen LogP contribution in [-0.2, 0) is 14.3 Å². The van der Waals surface area contributed by atoms with Gasteiger partial charge in [0.1, 0.15) is 0 Å². The highest BCUT2D eigenvalue weighted by atomic mass is 16.5. The molecule has 0 aromatic carbocycles. The van der Waals surface area contributed by atoms with Gasteiger partial charge in [-0.1, -0.05) is 135 Å². The van der Waals surface area contributed by atoms with E-state index in [0.29, 0.717) is 13.0 Å². The van der Waals surface area contributed by atoms with Crippen LogP contribution in [0.5, 0.6) is 0 Å². The summed E-state index contributed by atoms with van der Waals surface area (Å²) in [5.74, 6) is -1.76. The largest absolute Gasteiger partial charge is 0.481 e. The lowest BCUT2D eigenvalue weighted by atomic mass is 9.97. The third-order valence-corrected chi connectivity index (χ3v) is 7.02. The molecular formula is C32H60O4. The summed E-state index contributed by atoms with van der Waals surface area (Å²) < 4.78 is 5.15. The molecular weight excluding hydrogens is 448 g/mol. The Labute approximate surface area is 224 Å². The highest BCUT2D eigenvalue weighted by Crippen LogP contribution is 2.18. The van der Waals surface area contributed by atoms with Crippen LogP contribution in [-0.4, -0.2) is 23.7 Å². The predicted octanol–water partition coefficient (Wildman–Crippen LogP) is 10.2. The van der Waals surface area contributed by atoms with Gasteiger partial charge < -0.3 is 9.84 Å². The molecule has 0 saturated heterocycles. The van der Waals surface area contributed by atoms with Crippen molar-refractivity contribution in [3.63, 3.8) is 0 Å². The van der Waals surface area contributed by atoms with Gasteiger partial charge in [-0.3, -0.25) is 9.59 Å². The first kappa shape index (κ1) is 34.7. The molecule has 0 radical (unpaired) electrons. The SMILES string of the molecule is CCCCCCCCCCCCCCCC/C=C/CCCCCCCC(CC(=O)O)C(=O)OCCC. The molecule has 0 aromatic heterocycles. The van der Waals surface area contributed by atoms with E-state index < -0.39 is 11.9 Å².